The highest BCUT2D eigenvalue weighted by atomic mass is 16.5. The molecule has 0 saturated carbocycles. The van der Waals surface area contributed by atoms with Gasteiger partial charge in [-0.15, -0.1) is 0 Å². The second kappa shape index (κ2) is 33.5. The minimum atomic E-state index is -0.394. The van der Waals surface area contributed by atoms with Crippen molar-refractivity contribution in [3.63, 3.8) is 0 Å². The fourth-order valence-electron chi connectivity index (χ4n) is 6.73. The highest BCUT2D eigenvalue weighted by Crippen LogP contribution is 2.20. The Hall–Kier alpha value is -2.97. The first-order valence-electron chi connectivity index (χ1n) is 23.3. The summed E-state index contributed by atoms with van der Waals surface area (Å²) in [7, 11) is 0. The number of rotatable bonds is 26. The minimum Gasteiger partial charge on any atom is -0.378 e. The molecule has 3 heterocycles. The van der Waals surface area contributed by atoms with Crippen LogP contribution in [0.25, 0.3) is 0 Å². The molecule has 3 rings (SSSR count). The van der Waals surface area contributed by atoms with Crippen molar-refractivity contribution in [3.8, 4) is 0 Å². The summed E-state index contributed by atoms with van der Waals surface area (Å²) in [6.45, 7) is 29.1. The van der Waals surface area contributed by atoms with Gasteiger partial charge in [-0.1, -0.05) is 0 Å². The van der Waals surface area contributed by atoms with Gasteiger partial charge >= 0.3 is 0 Å². The Morgan fingerprint density at radius 2 is 0.857 bits per heavy atom. The molecule has 0 aromatic carbocycles. The van der Waals surface area contributed by atoms with E-state index in [-0.39, 0.29) is 105 Å². The van der Waals surface area contributed by atoms with Gasteiger partial charge in [0.1, 0.15) is 38.9 Å². The van der Waals surface area contributed by atoms with Crippen LogP contribution in [0.4, 0.5) is 0 Å². The molecule has 5 amide bonds. The van der Waals surface area contributed by atoms with Crippen molar-refractivity contribution >= 4 is 29.5 Å². The van der Waals surface area contributed by atoms with Gasteiger partial charge in [-0.2, -0.15) is 0 Å². The zero-order chi connectivity index (χ0) is 47.3. The Bertz CT molecular complexity index is 1260. The van der Waals surface area contributed by atoms with E-state index in [1.54, 1.807) is 9.80 Å². The maximum Gasteiger partial charge on any atom is 0.249 e. The van der Waals surface area contributed by atoms with Gasteiger partial charge in [-0.25, -0.2) is 0 Å². The zero-order valence-corrected chi connectivity index (χ0v) is 40.9. The Morgan fingerprint density at radius 1 is 0.460 bits per heavy atom. The smallest absolute Gasteiger partial charge is 0.249 e. The maximum atomic E-state index is 12.2. The van der Waals surface area contributed by atoms with Gasteiger partial charge < -0.3 is 58.9 Å². The molecule has 63 heavy (non-hydrogen) atoms. The summed E-state index contributed by atoms with van der Waals surface area (Å²) in [5.74, 6) is -0.368. The molecule has 0 radical (unpaired) electrons. The molecule has 3 aliphatic rings. The van der Waals surface area contributed by atoms with Crippen LogP contribution in [0, 0.1) is 0 Å². The first-order chi connectivity index (χ1) is 29.8. The number of nitrogens with one attached hydrogen (secondary N) is 3. The number of amides is 5. The molecule has 0 aromatic heterocycles. The molecule has 3 saturated heterocycles. The maximum absolute atomic E-state index is 12.2. The van der Waals surface area contributed by atoms with Crippen LogP contribution in [0.15, 0.2) is 0 Å². The van der Waals surface area contributed by atoms with Crippen LogP contribution in [0.5, 0.6) is 0 Å². The Morgan fingerprint density at radius 3 is 1.32 bits per heavy atom. The lowest BCUT2D eigenvalue weighted by molar-refractivity contribution is -0.143. The zero-order valence-electron chi connectivity index (χ0n) is 40.9. The van der Waals surface area contributed by atoms with Crippen molar-refractivity contribution < 1.29 is 57.1 Å². The van der Waals surface area contributed by atoms with Gasteiger partial charge in [0.2, 0.25) is 29.5 Å². The molecular weight excluding hydrogens is 817 g/mol. The van der Waals surface area contributed by atoms with E-state index in [2.05, 4.69) is 20.9 Å². The van der Waals surface area contributed by atoms with Crippen molar-refractivity contribution in [1.29, 1.82) is 0 Å². The first kappa shape index (κ1) is 58.0. The number of likely N-dealkylation sites (tertiary alicyclic amines) is 3. The third-order valence-electron chi connectivity index (χ3n) is 9.92. The normalized spacial score (nSPS) is 18.9. The van der Waals surface area contributed by atoms with Crippen molar-refractivity contribution in [2.24, 2.45) is 0 Å². The molecule has 18 heteroatoms. The fraction of sp³-hybridized carbons (Fsp3) is 0.889. The van der Waals surface area contributed by atoms with Gasteiger partial charge in [-0.3, -0.25) is 28.9 Å². The number of carbonyl (C=O) groups is 5. The van der Waals surface area contributed by atoms with Crippen molar-refractivity contribution in [1.82, 2.24) is 30.7 Å². The van der Waals surface area contributed by atoms with E-state index in [1.165, 1.54) is 0 Å². The quantitative estimate of drug-likeness (QED) is 0.0843. The number of ether oxygens (including phenoxy) is 7. The number of hydrogen-bond acceptors (Lipinski definition) is 13. The van der Waals surface area contributed by atoms with Crippen LogP contribution < -0.4 is 16.0 Å². The van der Waals surface area contributed by atoms with E-state index in [0.717, 1.165) is 38.8 Å². The second-order valence-corrected chi connectivity index (χ2v) is 17.4. The Balaban J connectivity index is 0.000000473. The summed E-state index contributed by atoms with van der Waals surface area (Å²) < 4.78 is 37.6. The van der Waals surface area contributed by atoms with Crippen LogP contribution in [-0.2, 0) is 57.1 Å². The summed E-state index contributed by atoms with van der Waals surface area (Å²) in [4.78, 5) is 66.0. The van der Waals surface area contributed by atoms with Crippen LogP contribution in [-0.4, -0.2) is 178 Å². The molecule has 0 aromatic rings. The Labute approximate surface area is 378 Å². The number of nitrogens with zero attached hydrogens (tertiary/aromatic N) is 3. The average Bonchev–Trinajstić information content (AvgIpc) is 4.00. The summed E-state index contributed by atoms with van der Waals surface area (Å²) in [6.07, 6.45) is 6.02. The van der Waals surface area contributed by atoms with Crippen molar-refractivity contribution in [2.45, 2.75) is 183 Å². The lowest BCUT2D eigenvalue weighted by atomic mass is 10.2. The van der Waals surface area contributed by atoms with Crippen molar-refractivity contribution in [2.75, 3.05) is 79.4 Å². The number of carbonyl (C=O) groups excluding carboxylic acids is 5. The Kier molecular flexibility index (Phi) is 30.9. The molecular formula is C45H86N6O12. The van der Waals surface area contributed by atoms with Crippen LogP contribution in [0.3, 0.4) is 0 Å². The minimum absolute atomic E-state index is 0.00766. The lowest BCUT2D eigenvalue weighted by Gasteiger charge is -2.24. The molecule has 3 atom stereocenters. The van der Waals surface area contributed by atoms with E-state index < -0.39 is 6.04 Å². The van der Waals surface area contributed by atoms with Gasteiger partial charge in [0.05, 0.1) is 75.5 Å². The summed E-state index contributed by atoms with van der Waals surface area (Å²) in [6, 6.07) is -0.812. The predicted octanol–water partition coefficient (Wildman–Crippen LogP) is 3.58. The molecule has 368 valence electrons. The largest absolute Gasteiger partial charge is 0.378 e. The van der Waals surface area contributed by atoms with Gasteiger partial charge in [-0.05, 0) is 128 Å². The van der Waals surface area contributed by atoms with E-state index in [0.29, 0.717) is 58.8 Å². The number of hydrogen-bond donors (Lipinski definition) is 3. The fourth-order valence-corrected chi connectivity index (χ4v) is 6.73. The summed E-state index contributed by atoms with van der Waals surface area (Å²) in [5, 5.41) is 8.28. The molecule has 3 aliphatic heterocycles. The van der Waals surface area contributed by atoms with Gasteiger partial charge in [0.15, 0.2) is 0 Å². The van der Waals surface area contributed by atoms with E-state index in [4.69, 9.17) is 33.2 Å². The highest BCUT2D eigenvalue weighted by Gasteiger charge is 2.35. The molecule has 3 N–H and O–H groups in total. The van der Waals surface area contributed by atoms with E-state index >= 15 is 0 Å². The summed E-state index contributed by atoms with van der Waals surface area (Å²) in [5.41, 5.74) is 0. The first-order valence-corrected chi connectivity index (χ1v) is 23.3. The monoisotopic (exact) mass is 903 g/mol. The second-order valence-electron chi connectivity index (χ2n) is 17.4. The van der Waals surface area contributed by atoms with Crippen LogP contribution in [0.1, 0.15) is 128 Å². The van der Waals surface area contributed by atoms with E-state index in [1.807, 2.05) is 83.1 Å². The highest BCUT2D eigenvalue weighted by molar-refractivity contribution is 5.89. The van der Waals surface area contributed by atoms with E-state index in [9.17, 15) is 24.0 Å². The third-order valence-corrected chi connectivity index (χ3v) is 9.92. The SMILES string of the molecule is CC(C)OCCC(=O)N1CCCC1C(=O)NCOC(C)C.CC(C)OCCOCCN1CCCC1C(=O)NCOC(C)C.CC(C)OCNC(=O)C1CCCN1C(=O)COC(C)C. The predicted molar refractivity (Wildman–Crippen MR) is 240 cm³/mol. The molecule has 3 fully saturated rings. The molecule has 0 bridgehead atoms. The molecule has 18 nitrogen and oxygen atoms in total. The standard InChI is InChI=1S/C16H32N2O4.C15H28N2O4.C14H26N2O4/c1-13(2)21-11-10-20-9-8-18-7-5-6-15(18)16(19)17-12-22-14(3)4;1-11(2)20-9-7-14(18)17-8-5-6-13(17)15(19)16-10-21-12(3)4;1-10(2)19-8-13(17)16-7-5-6-12(16)14(18)15-9-20-11(3)4/h13-15H,5-12H2,1-4H3,(H,17,19);11-13H,5-10H2,1-4H3,(H,16,19);10-12H,5-9H2,1-4H3,(H,15,18). The molecule has 0 aliphatic carbocycles. The molecule has 0 spiro atoms. The average molecular weight is 903 g/mol. The van der Waals surface area contributed by atoms with Crippen LogP contribution >= 0.6 is 0 Å². The van der Waals surface area contributed by atoms with Crippen molar-refractivity contribution in [3.05, 3.63) is 0 Å². The third kappa shape index (κ3) is 26.6. The topological polar surface area (TPSA) is 196 Å². The van der Waals surface area contributed by atoms with Crippen LogP contribution in [0.2, 0.25) is 0 Å². The van der Waals surface area contributed by atoms with Gasteiger partial charge in [0.25, 0.3) is 0 Å². The van der Waals surface area contributed by atoms with Gasteiger partial charge in [0, 0.05) is 19.6 Å². The molecule has 3 unspecified atom stereocenters. The lowest BCUT2D eigenvalue weighted by Crippen LogP contribution is -2.47. The summed E-state index contributed by atoms with van der Waals surface area (Å²) >= 11 is 0.